The fourth-order valence-electron chi connectivity index (χ4n) is 3.53. The lowest BCUT2D eigenvalue weighted by Crippen LogP contribution is -2.46. The molecule has 1 amide bonds. The van der Waals surface area contributed by atoms with Crippen molar-refractivity contribution < 1.29 is 9.53 Å². The average molecular weight is 368 g/mol. The van der Waals surface area contributed by atoms with Crippen molar-refractivity contribution in [2.75, 3.05) is 59.0 Å². The molecule has 0 saturated carbocycles. The Kier molecular flexibility index (Phi) is 9.18. The minimum atomic E-state index is 0.167. The van der Waals surface area contributed by atoms with Gasteiger partial charge < -0.3 is 20.3 Å². The molecule has 0 bridgehead atoms. The number of hydrogen-bond acceptors (Lipinski definition) is 4. The van der Waals surface area contributed by atoms with Crippen LogP contribution < -0.4 is 10.6 Å². The molecule has 26 heavy (non-hydrogen) atoms. The Hall–Kier alpha value is -1.34. The highest BCUT2D eigenvalue weighted by Gasteiger charge is 2.21. The monoisotopic (exact) mass is 367 g/mol. The fourth-order valence-corrected chi connectivity index (χ4v) is 3.53. The molecule has 7 heteroatoms. The second-order valence-corrected chi connectivity index (χ2v) is 7.63. The van der Waals surface area contributed by atoms with Gasteiger partial charge in [0, 0.05) is 52.2 Å². The molecule has 2 fully saturated rings. The van der Waals surface area contributed by atoms with Crippen LogP contribution in [0.25, 0.3) is 0 Å². The summed E-state index contributed by atoms with van der Waals surface area (Å²) in [7, 11) is 0. The van der Waals surface area contributed by atoms with E-state index >= 15 is 0 Å². The van der Waals surface area contributed by atoms with E-state index < -0.39 is 0 Å². The fraction of sp³-hybridized carbons (Fsp3) is 0.895. The summed E-state index contributed by atoms with van der Waals surface area (Å²) in [5.41, 5.74) is 0. The Balaban J connectivity index is 1.70. The zero-order valence-corrected chi connectivity index (χ0v) is 16.8. The molecule has 2 saturated heterocycles. The van der Waals surface area contributed by atoms with Crippen molar-refractivity contribution in [3.8, 4) is 0 Å². The van der Waals surface area contributed by atoms with Gasteiger partial charge >= 0.3 is 0 Å². The maximum absolute atomic E-state index is 11.6. The quantitative estimate of drug-likeness (QED) is 0.360. The molecular weight excluding hydrogens is 330 g/mol. The molecule has 0 aromatic heterocycles. The highest BCUT2D eigenvalue weighted by molar-refractivity contribution is 5.79. The van der Waals surface area contributed by atoms with Crippen LogP contribution in [0.5, 0.6) is 0 Å². The number of nitrogens with one attached hydrogen (secondary N) is 2. The minimum Gasteiger partial charge on any atom is -0.374 e. The van der Waals surface area contributed by atoms with Crippen LogP contribution in [0.15, 0.2) is 4.99 Å². The van der Waals surface area contributed by atoms with E-state index in [0.717, 1.165) is 71.2 Å². The Labute approximate surface area is 158 Å². The van der Waals surface area contributed by atoms with Gasteiger partial charge in [-0.05, 0) is 25.7 Å². The van der Waals surface area contributed by atoms with Gasteiger partial charge in [-0.1, -0.05) is 13.8 Å². The zero-order chi connectivity index (χ0) is 18.8. The number of nitrogens with zero attached hydrogens (tertiary/aromatic N) is 3. The first-order valence-corrected chi connectivity index (χ1v) is 10.2. The first kappa shape index (κ1) is 21.0. The van der Waals surface area contributed by atoms with Gasteiger partial charge in [-0.25, -0.2) is 0 Å². The molecule has 1 atom stereocenters. The molecule has 2 aliphatic rings. The predicted molar refractivity (Wildman–Crippen MR) is 105 cm³/mol. The molecular formula is C19H37N5O2. The number of likely N-dealkylation sites (tertiary alicyclic amines) is 1. The molecule has 0 aromatic rings. The third-order valence-corrected chi connectivity index (χ3v) is 4.71. The second kappa shape index (κ2) is 11.4. The molecule has 150 valence electrons. The minimum absolute atomic E-state index is 0.167. The van der Waals surface area contributed by atoms with Gasteiger partial charge in [0.1, 0.15) is 0 Å². The van der Waals surface area contributed by atoms with E-state index in [1.165, 1.54) is 0 Å². The maximum Gasteiger partial charge on any atom is 0.222 e. The summed E-state index contributed by atoms with van der Waals surface area (Å²) < 4.78 is 5.87. The van der Waals surface area contributed by atoms with Gasteiger partial charge in [0.2, 0.25) is 5.91 Å². The lowest BCUT2D eigenvalue weighted by atomic mass is 10.2. The van der Waals surface area contributed by atoms with Gasteiger partial charge in [-0.3, -0.25) is 14.7 Å². The molecule has 2 aliphatic heterocycles. The number of carbonyl (C=O) groups is 1. The van der Waals surface area contributed by atoms with Crippen molar-refractivity contribution >= 4 is 11.9 Å². The van der Waals surface area contributed by atoms with Crippen LogP contribution in [0.3, 0.4) is 0 Å². The Morgan fingerprint density at radius 2 is 2.19 bits per heavy atom. The van der Waals surface area contributed by atoms with Gasteiger partial charge in [0.05, 0.1) is 19.3 Å². The number of carbonyl (C=O) groups excluding carboxylic acids is 1. The zero-order valence-electron chi connectivity index (χ0n) is 16.8. The Morgan fingerprint density at radius 3 is 2.88 bits per heavy atom. The number of amides is 1. The SMILES string of the molecule is CCNC(=NCC1CN(CC(C)C)CCO1)NCCCN1CCCC1=O. The van der Waals surface area contributed by atoms with Crippen LogP contribution in [0.4, 0.5) is 0 Å². The van der Waals surface area contributed by atoms with E-state index in [9.17, 15) is 4.79 Å². The summed E-state index contributed by atoms with van der Waals surface area (Å²) in [6.07, 6.45) is 2.83. The predicted octanol–water partition coefficient (Wildman–Crippen LogP) is 0.911. The van der Waals surface area contributed by atoms with Crippen molar-refractivity contribution in [2.45, 2.75) is 46.1 Å². The number of aliphatic imine (C=N–C) groups is 1. The van der Waals surface area contributed by atoms with Crippen molar-refractivity contribution in [1.29, 1.82) is 0 Å². The summed E-state index contributed by atoms with van der Waals surface area (Å²) >= 11 is 0. The van der Waals surface area contributed by atoms with E-state index in [-0.39, 0.29) is 6.10 Å². The largest absolute Gasteiger partial charge is 0.374 e. The molecule has 7 nitrogen and oxygen atoms in total. The van der Waals surface area contributed by atoms with Crippen molar-refractivity contribution in [3.63, 3.8) is 0 Å². The molecule has 0 radical (unpaired) electrons. The molecule has 2 N–H and O–H groups in total. The number of guanidine groups is 1. The van der Waals surface area contributed by atoms with Crippen LogP contribution in [-0.2, 0) is 9.53 Å². The number of hydrogen-bond donors (Lipinski definition) is 2. The van der Waals surface area contributed by atoms with Crippen molar-refractivity contribution in [2.24, 2.45) is 10.9 Å². The second-order valence-electron chi connectivity index (χ2n) is 7.63. The van der Waals surface area contributed by atoms with Crippen LogP contribution >= 0.6 is 0 Å². The Bertz CT molecular complexity index is 455. The van der Waals surface area contributed by atoms with Gasteiger partial charge in [-0.15, -0.1) is 0 Å². The van der Waals surface area contributed by atoms with E-state index in [2.05, 4.69) is 36.3 Å². The van der Waals surface area contributed by atoms with Crippen LogP contribution in [-0.4, -0.2) is 86.7 Å². The molecule has 0 spiro atoms. The molecule has 2 heterocycles. The van der Waals surface area contributed by atoms with Crippen molar-refractivity contribution in [3.05, 3.63) is 0 Å². The third-order valence-electron chi connectivity index (χ3n) is 4.71. The lowest BCUT2D eigenvalue weighted by molar-refractivity contribution is -0.127. The summed E-state index contributed by atoms with van der Waals surface area (Å²) in [6.45, 7) is 14.6. The maximum atomic E-state index is 11.6. The van der Waals surface area contributed by atoms with E-state index in [4.69, 9.17) is 9.73 Å². The van der Waals surface area contributed by atoms with Crippen molar-refractivity contribution in [1.82, 2.24) is 20.4 Å². The van der Waals surface area contributed by atoms with Gasteiger partial charge in [-0.2, -0.15) is 0 Å². The van der Waals surface area contributed by atoms with E-state index in [1.807, 2.05) is 4.90 Å². The summed E-state index contributed by atoms with van der Waals surface area (Å²) in [4.78, 5) is 20.8. The lowest BCUT2D eigenvalue weighted by Gasteiger charge is -2.33. The first-order chi connectivity index (χ1) is 12.6. The normalized spacial score (nSPS) is 22.3. The highest BCUT2D eigenvalue weighted by atomic mass is 16.5. The highest BCUT2D eigenvalue weighted by Crippen LogP contribution is 2.09. The molecule has 0 aliphatic carbocycles. The topological polar surface area (TPSA) is 69.2 Å². The van der Waals surface area contributed by atoms with E-state index in [1.54, 1.807) is 0 Å². The smallest absolute Gasteiger partial charge is 0.222 e. The Morgan fingerprint density at radius 1 is 1.35 bits per heavy atom. The molecule has 1 unspecified atom stereocenters. The summed E-state index contributed by atoms with van der Waals surface area (Å²) in [5, 5.41) is 6.67. The first-order valence-electron chi connectivity index (χ1n) is 10.2. The number of rotatable bonds is 9. The van der Waals surface area contributed by atoms with Crippen LogP contribution in [0.1, 0.15) is 40.0 Å². The number of morpholine rings is 1. The number of ether oxygens (including phenoxy) is 1. The summed E-state index contributed by atoms with van der Waals surface area (Å²) in [6, 6.07) is 0. The van der Waals surface area contributed by atoms with Gasteiger partial charge in [0.15, 0.2) is 5.96 Å². The summed E-state index contributed by atoms with van der Waals surface area (Å²) in [5.74, 6) is 1.81. The molecule has 2 rings (SSSR count). The van der Waals surface area contributed by atoms with Crippen LogP contribution in [0, 0.1) is 5.92 Å². The molecule has 0 aromatic carbocycles. The average Bonchev–Trinajstić information content (AvgIpc) is 3.01. The van der Waals surface area contributed by atoms with Gasteiger partial charge in [0.25, 0.3) is 0 Å². The van der Waals surface area contributed by atoms with Crippen LogP contribution in [0.2, 0.25) is 0 Å². The van der Waals surface area contributed by atoms with E-state index in [0.29, 0.717) is 24.8 Å². The standard InChI is InChI=1S/C19H37N5O2/c1-4-20-19(21-8-6-10-24-9-5-7-18(24)25)22-13-17-15-23(11-12-26-17)14-16(2)3/h16-17H,4-15H2,1-3H3,(H2,20,21,22). The third kappa shape index (κ3) is 7.50.